The standard InChI is InChI=1S/C22H40FN5O4Si2/c1-21(2,3)33(7,8)30-11-13-16(32-34(9,10)22(4,5)6)14(23)19(31-13)28-12-25-15-17(28)26-20(24)27-18(15)29/h12-14,16,19H,11H2,1-10H3,(H3,24,26,27,29)/t13-,14-,16-,19-/m1/s1. The van der Waals surface area contributed by atoms with E-state index in [4.69, 9.17) is 19.3 Å². The van der Waals surface area contributed by atoms with Crippen LogP contribution in [0.25, 0.3) is 11.2 Å². The van der Waals surface area contributed by atoms with Crippen LogP contribution in [-0.2, 0) is 13.6 Å². The predicted octanol–water partition coefficient (Wildman–Crippen LogP) is 4.35. The molecule has 0 radical (unpaired) electrons. The topological polar surface area (TPSA) is 117 Å². The fourth-order valence-electron chi connectivity index (χ4n) is 3.35. The molecule has 4 atom stereocenters. The summed E-state index contributed by atoms with van der Waals surface area (Å²) in [6.07, 6.45) is -2.67. The number of nitrogens with two attached hydrogens (primary N) is 1. The highest BCUT2D eigenvalue weighted by Gasteiger charge is 2.52. The van der Waals surface area contributed by atoms with E-state index < -0.39 is 46.8 Å². The number of alkyl halides is 1. The minimum atomic E-state index is -2.33. The van der Waals surface area contributed by atoms with Crippen molar-refractivity contribution < 1.29 is 18.0 Å². The molecule has 3 heterocycles. The van der Waals surface area contributed by atoms with Gasteiger partial charge >= 0.3 is 0 Å². The van der Waals surface area contributed by atoms with Gasteiger partial charge in [-0.3, -0.25) is 14.3 Å². The minimum absolute atomic E-state index is 0.00106. The number of hydrogen-bond acceptors (Lipinski definition) is 7. The zero-order valence-electron chi connectivity index (χ0n) is 22.0. The second kappa shape index (κ2) is 8.80. The van der Waals surface area contributed by atoms with Gasteiger partial charge in [0.1, 0.15) is 12.2 Å². The van der Waals surface area contributed by atoms with Crippen LogP contribution in [0.1, 0.15) is 47.8 Å². The van der Waals surface area contributed by atoms with Gasteiger partial charge in [0.25, 0.3) is 5.56 Å². The summed E-state index contributed by atoms with van der Waals surface area (Å²) < 4.78 is 36.7. The number of fused-ring (bicyclic) bond motifs is 1. The van der Waals surface area contributed by atoms with E-state index in [1.807, 2.05) is 0 Å². The van der Waals surface area contributed by atoms with Gasteiger partial charge in [0.05, 0.1) is 12.9 Å². The smallest absolute Gasteiger partial charge is 0.280 e. The van der Waals surface area contributed by atoms with Crippen LogP contribution in [0, 0.1) is 0 Å². The fourth-order valence-corrected chi connectivity index (χ4v) is 5.68. The summed E-state index contributed by atoms with van der Waals surface area (Å²) in [4.78, 5) is 22.9. The maximum Gasteiger partial charge on any atom is 0.280 e. The van der Waals surface area contributed by atoms with Gasteiger partial charge < -0.3 is 19.3 Å². The summed E-state index contributed by atoms with van der Waals surface area (Å²) in [5.41, 5.74) is 5.50. The number of H-pyrrole nitrogens is 1. The molecule has 192 valence electrons. The first-order valence-electron chi connectivity index (χ1n) is 11.7. The molecule has 0 aliphatic carbocycles. The molecule has 1 saturated heterocycles. The predicted molar refractivity (Wildman–Crippen MR) is 137 cm³/mol. The molecule has 2 aromatic heterocycles. The van der Waals surface area contributed by atoms with Gasteiger partial charge in [-0.05, 0) is 36.3 Å². The number of anilines is 1. The van der Waals surface area contributed by atoms with Crippen molar-refractivity contribution >= 4 is 33.7 Å². The summed E-state index contributed by atoms with van der Waals surface area (Å²) >= 11 is 0. The van der Waals surface area contributed by atoms with Crippen LogP contribution >= 0.6 is 0 Å². The maximum atomic E-state index is 16.1. The Bertz CT molecular complexity index is 1090. The number of aromatic nitrogens is 4. The Morgan fingerprint density at radius 3 is 2.29 bits per heavy atom. The number of hydrogen-bond donors (Lipinski definition) is 2. The SMILES string of the molecule is CC(C)(C)[Si](C)(C)OC[C@H]1O[C@@H](n2cnc3c(=O)[nH]c(N)nc32)[C@H](F)[C@@H]1O[Si](C)(C)C(C)(C)C. The maximum absolute atomic E-state index is 16.1. The Kier molecular flexibility index (Phi) is 6.99. The highest BCUT2D eigenvalue weighted by atomic mass is 28.4. The first-order chi connectivity index (χ1) is 15.4. The van der Waals surface area contributed by atoms with Crippen LogP contribution in [0.4, 0.5) is 10.3 Å². The van der Waals surface area contributed by atoms with Crippen LogP contribution in [0.2, 0.25) is 36.3 Å². The summed E-state index contributed by atoms with van der Waals surface area (Å²) in [5, 5.41) is -0.112. The van der Waals surface area contributed by atoms with Gasteiger partial charge in [-0.2, -0.15) is 4.98 Å². The van der Waals surface area contributed by atoms with Gasteiger partial charge in [-0.1, -0.05) is 41.5 Å². The Labute approximate surface area is 202 Å². The van der Waals surface area contributed by atoms with Crippen molar-refractivity contribution in [2.45, 2.75) is 102 Å². The number of nitrogens with one attached hydrogen (secondary N) is 1. The molecule has 34 heavy (non-hydrogen) atoms. The number of halogens is 1. The molecular weight excluding hydrogens is 473 g/mol. The minimum Gasteiger partial charge on any atom is -0.414 e. The average molecular weight is 514 g/mol. The molecule has 1 aliphatic rings. The van der Waals surface area contributed by atoms with E-state index in [1.54, 1.807) is 0 Å². The molecule has 0 unspecified atom stereocenters. The van der Waals surface area contributed by atoms with Crippen LogP contribution in [-0.4, -0.2) is 61.1 Å². The van der Waals surface area contributed by atoms with E-state index in [9.17, 15) is 4.79 Å². The van der Waals surface area contributed by atoms with Gasteiger partial charge in [-0.25, -0.2) is 9.37 Å². The van der Waals surface area contributed by atoms with E-state index in [-0.39, 0.29) is 33.8 Å². The molecule has 1 aliphatic heterocycles. The first-order valence-corrected chi connectivity index (χ1v) is 17.5. The third-order valence-corrected chi connectivity index (χ3v) is 16.6. The third kappa shape index (κ3) is 5.01. The molecule has 9 nitrogen and oxygen atoms in total. The molecule has 0 spiro atoms. The number of imidazole rings is 1. The van der Waals surface area contributed by atoms with Gasteiger partial charge in [-0.15, -0.1) is 0 Å². The van der Waals surface area contributed by atoms with Crippen LogP contribution in [0.15, 0.2) is 11.1 Å². The molecular formula is C22H40FN5O4Si2. The molecule has 3 N–H and O–H groups in total. The number of nitrogen functional groups attached to an aromatic ring is 1. The van der Waals surface area contributed by atoms with E-state index in [1.165, 1.54) is 10.9 Å². The largest absolute Gasteiger partial charge is 0.414 e. The first kappa shape index (κ1) is 27.0. The highest BCUT2D eigenvalue weighted by molar-refractivity contribution is 6.74. The lowest BCUT2D eigenvalue weighted by Gasteiger charge is -2.40. The zero-order chi connectivity index (χ0) is 25.9. The second-order valence-corrected chi connectivity index (χ2v) is 21.8. The molecule has 0 amide bonds. The van der Waals surface area contributed by atoms with E-state index in [2.05, 4.69) is 82.7 Å². The normalized spacial score (nSPS) is 24.8. The van der Waals surface area contributed by atoms with Crippen LogP contribution in [0.5, 0.6) is 0 Å². The summed E-state index contributed by atoms with van der Waals surface area (Å²) in [6.45, 7) is 21.5. The van der Waals surface area contributed by atoms with Crippen molar-refractivity contribution in [1.82, 2.24) is 19.5 Å². The Morgan fingerprint density at radius 2 is 1.74 bits per heavy atom. The van der Waals surface area contributed by atoms with Crippen molar-refractivity contribution in [3.63, 3.8) is 0 Å². The lowest BCUT2D eigenvalue weighted by Crippen LogP contribution is -2.50. The number of nitrogens with zero attached hydrogens (tertiary/aromatic N) is 3. The Hall–Kier alpha value is -1.61. The quantitative estimate of drug-likeness (QED) is 0.551. The molecule has 12 heteroatoms. The zero-order valence-corrected chi connectivity index (χ0v) is 24.0. The van der Waals surface area contributed by atoms with Crippen molar-refractivity contribution in [3.05, 3.63) is 16.7 Å². The Balaban J connectivity index is 1.97. The van der Waals surface area contributed by atoms with E-state index in [0.717, 1.165) is 0 Å². The van der Waals surface area contributed by atoms with Crippen molar-refractivity contribution in [2.75, 3.05) is 12.3 Å². The molecule has 2 aromatic rings. The molecule has 0 bridgehead atoms. The fraction of sp³-hybridized carbons (Fsp3) is 0.773. The number of aromatic amines is 1. The van der Waals surface area contributed by atoms with E-state index >= 15 is 4.39 Å². The van der Waals surface area contributed by atoms with Gasteiger partial charge in [0.2, 0.25) is 5.95 Å². The van der Waals surface area contributed by atoms with Crippen molar-refractivity contribution in [3.8, 4) is 0 Å². The number of ether oxygens (including phenoxy) is 1. The lowest BCUT2D eigenvalue weighted by molar-refractivity contribution is -0.0421. The van der Waals surface area contributed by atoms with Crippen LogP contribution < -0.4 is 11.3 Å². The highest BCUT2D eigenvalue weighted by Crippen LogP contribution is 2.43. The average Bonchev–Trinajstić information content (AvgIpc) is 3.20. The molecule has 0 saturated carbocycles. The van der Waals surface area contributed by atoms with Crippen LogP contribution in [0.3, 0.4) is 0 Å². The summed E-state index contributed by atoms with van der Waals surface area (Å²) in [6, 6.07) is 0. The van der Waals surface area contributed by atoms with E-state index in [0.29, 0.717) is 0 Å². The third-order valence-electron chi connectivity index (χ3n) is 7.64. The van der Waals surface area contributed by atoms with Gasteiger partial charge in [0.15, 0.2) is 40.2 Å². The monoisotopic (exact) mass is 513 g/mol. The summed E-state index contributed by atoms with van der Waals surface area (Å²) in [7, 11) is -4.44. The second-order valence-electron chi connectivity index (χ2n) is 12.2. The lowest BCUT2D eigenvalue weighted by atomic mass is 10.1. The molecule has 3 rings (SSSR count). The van der Waals surface area contributed by atoms with Crippen molar-refractivity contribution in [1.29, 1.82) is 0 Å². The van der Waals surface area contributed by atoms with Crippen molar-refractivity contribution in [2.24, 2.45) is 0 Å². The Morgan fingerprint density at radius 1 is 1.15 bits per heavy atom. The number of rotatable bonds is 6. The molecule has 0 aromatic carbocycles. The molecule has 1 fully saturated rings. The van der Waals surface area contributed by atoms with Gasteiger partial charge in [0, 0.05) is 0 Å². The summed E-state index contributed by atoms with van der Waals surface area (Å²) in [5.74, 6) is -0.0699.